The van der Waals surface area contributed by atoms with Crippen LogP contribution in [-0.2, 0) is 0 Å². The number of pyridine rings is 1. The predicted octanol–water partition coefficient (Wildman–Crippen LogP) is 1.54. The lowest BCUT2D eigenvalue weighted by Gasteiger charge is -2.38. The average Bonchev–Trinajstić information content (AvgIpc) is 2.01. The third-order valence-corrected chi connectivity index (χ3v) is 2.04. The molecule has 0 N–H and O–H groups in total. The Kier molecular flexibility index (Phi) is 1.53. The summed E-state index contributed by atoms with van der Waals surface area (Å²) >= 11 is 0. The molecule has 0 saturated carbocycles. The number of hydrogen-bond donors (Lipinski definition) is 0. The van der Waals surface area contributed by atoms with Crippen LogP contribution in [0.25, 0.3) is 0 Å². The molecule has 1 aliphatic heterocycles. The monoisotopic (exact) mass is 148 g/mol. The van der Waals surface area contributed by atoms with E-state index >= 15 is 0 Å². The van der Waals surface area contributed by atoms with Crippen molar-refractivity contribution in [3.8, 4) is 0 Å². The van der Waals surface area contributed by atoms with Gasteiger partial charge < -0.3 is 4.90 Å². The summed E-state index contributed by atoms with van der Waals surface area (Å²) in [6.07, 6.45) is 1.85. The quantitative estimate of drug-likeness (QED) is 0.600. The number of rotatable bonds is 1. The lowest BCUT2D eigenvalue weighted by Crippen LogP contribution is -2.45. The van der Waals surface area contributed by atoms with Gasteiger partial charge in [0, 0.05) is 19.3 Å². The highest BCUT2D eigenvalue weighted by Crippen LogP contribution is 2.20. The van der Waals surface area contributed by atoms with Gasteiger partial charge in [-0.2, -0.15) is 0 Å². The number of hydrogen-bond acceptors (Lipinski definition) is 2. The lowest BCUT2D eigenvalue weighted by molar-refractivity contribution is 0.443. The van der Waals surface area contributed by atoms with Gasteiger partial charge >= 0.3 is 0 Å². The molecule has 0 atom stereocenters. The van der Waals surface area contributed by atoms with Crippen LogP contribution in [0.3, 0.4) is 0 Å². The molecule has 0 amide bonds. The van der Waals surface area contributed by atoms with Gasteiger partial charge in [-0.3, -0.25) is 0 Å². The molecule has 0 radical (unpaired) electrons. The van der Waals surface area contributed by atoms with E-state index < -0.39 is 0 Å². The largest absolute Gasteiger partial charge is 0.356 e. The van der Waals surface area contributed by atoms with Crippen molar-refractivity contribution in [3.63, 3.8) is 0 Å². The molecule has 1 fully saturated rings. The Labute approximate surface area is 66.9 Å². The normalized spacial score (nSPS) is 18.1. The summed E-state index contributed by atoms with van der Waals surface area (Å²) in [5.41, 5.74) is 0. The highest BCUT2D eigenvalue weighted by Gasteiger charge is 2.22. The minimum absolute atomic E-state index is 0.844. The maximum Gasteiger partial charge on any atom is 0.128 e. The van der Waals surface area contributed by atoms with Crippen LogP contribution in [0.2, 0.25) is 0 Å². The minimum Gasteiger partial charge on any atom is -0.356 e. The zero-order valence-electron chi connectivity index (χ0n) is 6.70. The van der Waals surface area contributed by atoms with Crippen molar-refractivity contribution in [2.75, 3.05) is 18.0 Å². The molecule has 0 bridgehead atoms. The van der Waals surface area contributed by atoms with E-state index in [0.717, 1.165) is 24.8 Å². The summed E-state index contributed by atoms with van der Waals surface area (Å²) in [6.45, 7) is 4.59. The number of aromatic nitrogens is 1. The summed E-state index contributed by atoms with van der Waals surface area (Å²) in [5, 5.41) is 0. The fraction of sp³-hybridized carbons (Fsp3) is 0.444. The molecule has 0 spiro atoms. The van der Waals surface area contributed by atoms with Gasteiger partial charge in [-0.25, -0.2) is 4.98 Å². The van der Waals surface area contributed by atoms with E-state index in [2.05, 4.69) is 22.9 Å². The van der Waals surface area contributed by atoms with Crippen LogP contribution in [0.5, 0.6) is 0 Å². The first kappa shape index (κ1) is 6.65. The van der Waals surface area contributed by atoms with E-state index in [1.54, 1.807) is 0 Å². The van der Waals surface area contributed by atoms with Gasteiger partial charge in [-0.05, 0) is 18.1 Å². The van der Waals surface area contributed by atoms with Gasteiger partial charge in [0.1, 0.15) is 5.82 Å². The topological polar surface area (TPSA) is 16.1 Å². The molecule has 0 unspecified atom stereocenters. The second-order valence-electron chi connectivity index (χ2n) is 3.20. The molecular weight excluding hydrogens is 136 g/mol. The first-order valence-corrected chi connectivity index (χ1v) is 4.02. The van der Waals surface area contributed by atoms with Crippen LogP contribution in [-0.4, -0.2) is 18.1 Å². The lowest BCUT2D eigenvalue weighted by atomic mass is 10.0. The van der Waals surface area contributed by atoms with E-state index in [1.165, 1.54) is 0 Å². The van der Waals surface area contributed by atoms with Crippen molar-refractivity contribution in [1.29, 1.82) is 0 Å². The SMILES string of the molecule is CC1CN(c2ccccn2)C1. The van der Waals surface area contributed by atoms with Gasteiger partial charge in [0.2, 0.25) is 0 Å². The molecule has 2 rings (SSSR count). The third-order valence-electron chi connectivity index (χ3n) is 2.04. The third kappa shape index (κ3) is 1.20. The average molecular weight is 148 g/mol. The van der Waals surface area contributed by atoms with E-state index in [0.29, 0.717) is 0 Å². The Hall–Kier alpha value is -1.05. The van der Waals surface area contributed by atoms with Crippen LogP contribution in [0.1, 0.15) is 6.92 Å². The molecule has 11 heavy (non-hydrogen) atoms. The predicted molar refractivity (Wildman–Crippen MR) is 45.6 cm³/mol. The second kappa shape index (κ2) is 2.53. The van der Waals surface area contributed by atoms with Crippen molar-refractivity contribution >= 4 is 5.82 Å². The summed E-state index contributed by atoms with van der Waals surface area (Å²) in [7, 11) is 0. The molecule has 1 aromatic rings. The zero-order valence-corrected chi connectivity index (χ0v) is 6.70. The van der Waals surface area contributed by atoms with Crippen LogP contribution >= 0.6 is 0 Å². The number of anilines is 1. The Morgan fingerprint density at radius 1 is 1.45 bits per heavy atom. The molecule has 2 heteroatoms. The first-order valence-electron chi connectivity index (χ1n) is 4.02. The van der Waals surface area contributed by atoms with Crippen LogP contribution in [0.4, 0.5) is 5.82 Å². The fourth-order valence-corrected chi connectivity index (χ4v) is 1.43. The minimum atomic E-state index is 0.844. The van der Waals surface area contributed by atoms with Crippen molar-refractivity contribution in [3.05, 3.63) is 24.4 Å². The maximum atomic E-state index is 4.26. The van der Waals surface area contributed by atoms with Gasteiger partial charge in [0.25, 0.3) is 0 Å². The summed E-state index contributed by atoms with van der Waals surface area (Å²) in [5.74, 6) is 1.96. The van der Waals surface area contributed by atoms with Gasteiger partial charge in [-0.15, -0.1) is 0 Å². The molecule has 0 aliphatic carbocycles. The Balaban J connectivity index is 2.08. The Morgan fingerprint density at radius 3 is 2.82 bits per heavy atom. The molecule has 1 saturated heterocycles. The molecule has 2 nitrogen and oxygen atoms in total. The van der Waals surface area contributed by atoms with E-state index in [1.807, 2.05) is 18.3 Å². The van der Waals surface area contributed by atoms with Crippen LogP contribution in [0.15, 0.2) is 24.4 Å². The van der Waals surface area contributed by atoms with Crippen molar-refractivity contribution < 1.29 is 0 Å². The molecular formula is C9H12N2. The van der Waals surface area contributed by atoms with Crippen LogP contribution < -0.4 is 4.90 Å². The van der Waals surface area contributed by atoms with Gasteiger partial charge in [0.05, 0.1) is 0 Å². The van der Waals surface area contributed by atoms with Gasteiger partial charge in [0.15, 0.2) is 0 Å². The summed E-state index contributed by atoms with van der Waals surface area (Å²) in [4.78, 5) is 6.56. The molecule has 0 aromatic carbocycles. The fourth-order valence-electron chi connectivity index (χ4n) is 1.43. The highest BCUT2D eigenvalue weighted by molar-refractivity contribution is 5.40. The van der Waals surface area contributed by atoms with E-state index in [9.17, 15) is 0 Å². The summed E-state index contributed by atoms with van der Waals surface area (Å²) in [6, 6.07) is 6.05. The molecule has 1 aliphatic rings. The Bertz CT molecular complexity index is 227. The highest BCUT2D eigenvalue weighted by atomic mass is 15.2. The first-order chi connectivity index (χ1) is 5.36. The number of nitrogens with zero attached hydrogens (tertiary/aromatic N) is 2. The molecule has 1 aromatic heterocycles. The molecule has 2 heterocycles. The van der Waals surface area contributed by atoms with E-state index in [-0.39, 0.29) is 0 Å². The maximum absolute atomic E-state index is 4.26. The summed E-state index contributed by atoms with van der Waals surface area (Å²) < 4.78 is 0. The van der Waals surface area contributed by atoms with Gasteiger partial charge in [-0.1, -0.05) is 13.0 Å². The molecule has 58 valence electrons. The zero-order chi connectivity index (χ0) is 7.68. The van der Waals surface area contributed by atoms with Crippen LogP contribution in [0, 0.1) is 5.92 Å². The van der Waals surface area contributed by atoms with Crippen molar-refractivity contribution in [2.45, 2.75) is 6.92 Å². The van der Waals surface area contributed by atoms with Crippen molar-refractivity contribution in [2.24, 2.45) is 5.92 Å². The Morgan fingerprint density at radius 2 is 2.27 bits per heavy atom. The van der Waals surface area contributed by atoms with Crippen molar-refractivity contribution in [1.82, 2.24) is 4.98 Å². The second-order valence-corrected chi connectivity index (χ2v) is 3.20. The standard InChI is InChI=1S/C9H12N2/c1-8-6-11(7-8)9-4-2-3-5-10-9/h2-5,8H,6-7H2,1H3. The smallest absolute Gasteiger partial charge is 0.128 e. The van der Waals surface area contributed by atoms with E-state index in [4.69, 9.17) is 0 Å².